The topological polar surface area (TPSA) is 17.5 Å². The van der Waals surface area contributed by atoms with Gasteiger partial charge in [-0.2, -0.15) is 0 Å². The number of benzene rings is 10. The molecule has 0 spiro atoms. The van der Waals surface area contributed by atoms with Crippen LogP contribution in [0.15, 0.2) is 192 Å². The van der Waals surface area contributed by atoms with Crippen molar-refractivity contribution in [2.24, 2.45) is 0 Å². The fraction of sp³-hybridized carbons (Fsp3) is 0. The summed E-state index contributed by atoms with van der Waals surface area (Å²) in [7, 11) is 0. The van der Waals surface area contributed by atoms with Crippen LogP contribution in [0.4, 0.5) is 5.69 Å². The van der Waals surface area contributed by atoms with Crippen molar-refractivity contribution in [1.29, 1.82) is 0 Å². The first-order valence-corrected chi connectivity index (χ1v) is 18.6. The van der Waals surface area contributed by atoms with Crippen LogP contribution in [-0.4, -0.2) is 0 Å². The van der Waals surface area contributed by atoms with E-state index in [1.165, 1.54) is 38.2 Å². The second kappa shape index (κ2) is 12.3. The molecule has 11 aromatic rings. The minimum atomic E-state index is 0.651. The number of hydrogen-bond acceptors (Lipinski definition) is 1. The summed E-state index contributed by atoms with van der Waals surface area (Å²) in [5, 5.41) is 11.5. The van der Waals surface area contributed by atoms with E-state index in [1.54, 1.807) is 0 Å². The summed E-state index contributed by atoms with van der Waals surface area (Å²) in [6.45, 7) is 8.01. The zero-order valence-corrected chi connectivity index (χ0v) is 29.8. The molecule has 0 radical (unpaired) electrons. The Labute approximate surface area is 318 Å². The van der Waals surface area contributed by atoms with Crippen LogP contribution < -0.4 is 0 Å². The first-order chi connectivity index (χ1) is 27.3. The predicted octanol–water partition coefficient (Wildman–Crippen LogP) is 15.4. The normalized spacial score (nSPS) is 11.6. The van der Waals surface area contributed by atoms with Gasteiger partial charge in [0.2, 0.25) is 0 Å². The van der Waals surface area contributed by atoms with Gasteiger partial charge in [0, 0.05) is 21.9 Å². The van der Waals surface area contributed by atoms with Gasteiger partial charge in [0.15, 0.2) is 5.69 Å². The molecule has 0 saturated heterocycles. The second-order valence-electron chi connectivity index (χ2n) is 14.1. The molecule has 0 bridgehead atoms. The Hall–Kier alpha value is -7.47. The predicted molar refractivity (Wildman–Crippen MR) is 232 cm³/mol. The van der Waals surface area contributed by atoms with Crippen LogP contribution in [0.3, 0.4) is 0 Å². The van der Waals surface area contributed by atoms with Crippen molar-refractivity contribution in [3.8, 4) is 44.5 Å². The van der Waals surface area contributed by atoms with Crippen LogP contribution in [0, 0.1) is 6.57 Å². The molecule has 0 amide bonds. The molecule has 10 aromatic carbocycles. The van der Waals surface area contributed by atoms with Crippen molar-refractivity contribution in [2.75, 3.05) is 0 Å². The van der Waals surface area contributed by atoms with Crippen LogP contribution >= 0.6 is 0 Å². The monoisotopic (exact) mass is 697 g/mol. The fourth-order valence-electron chi connectivity index (χ4n) is 9.08. The molecule has 2 heteroatoms. The zero-order chi connectivity index (χ0) is 36.5. The average molecular weight is 698 g/mol. The van der Waals surface area contributed by atoms with Gasteiger partial charge in [0.1, 0.15) is 11.2 Å². The molecular formula is C53H31NO. The molecule has 0 atom stereocenters. The number of hydrogen-bond donors (Lipinski definition) is 0. The van der Waals surface area contributed by atoms with E-state index < -0.39 is 0 Å². The smallest absolute Gasteiger partial charge is 0.194 e. The third-order valence-electron chi connectivity index (χ3n) is 11.3. The molecule has 0 unspecified atom stereocenters. The fourth-order valence-corrected chi connectivity index (χ4v) is 9.08. The Morgan fingerprint density at radius 2 is 0.727 bits per heavy atom. The molecule has 0 fully saturated rings. The lowest BCUT2D eigenvalue weighted by Crippen LogP contribution is -1.91. The zero-order valence-electron chi connectivity index (χ0n) is 29.8. The quantitative estimate of drug-likeness (QED) is 0.132. The molecule has 1 heterocycles. The Balaban J connectivity index is 1.24. The largest absolute Gasteiger partial charge is 0.455 e. The Morgan fingerprint density at radius 1 is 0.327 bits per heavy atom. The third-order valence-corrected chi connectivity index (χ3v) is 11.3. The lowest BCUT2D eigenvalue weighted by atomic mass is 9.84. The molecule has 11 rings (SSSR count). The van der Waals surface area contributed by atoms with E-state index in [-0.39, 0.29) is 0 Å². The van der Waals surface area contributed by atoms with Crippen LogP contribution in [0.25, 0.3) is 114 Å². The van der Waals surface area contributed by atoms with Crippen molar-refractivity contribution in [3.05, 3.63) is 199 Å². The molecule has 0 aliphatic carbocycles. The summed E-state index contributed by atoms with van der Waals surface area (Å²) < 4.78 is 7.03. The summed E-state index contributed by atoms with van der Waals surface area (Å²) in [5.41, 5.74) is 11.4. The summed E-state index contributed by atoms with van der Waals surface area (Å²) in [5.74, 6) is 0. The van der Waals surface area contributed by atoms with Gasteiger partial charge in [0.05, 0.1) is 6.57 Å². The van der Waals surface area contributed by atoms with Crippen LogP contribution in [0.2, 0.25) is 0 Å². The van der Waals surface area contributed by atoms with Gasteiger partial charge < -0.3 is 4.42 Å². The number of rotatable bonds is 4. The van der Waals surface area contributed by atoms with Crippen molar-refractivity contribution in [2.45, 2.75) is 0 Å². The average Bonchev–Trinajstić information content (AvgIpc) is 3.65. The van der Waals surface area contributed by atoms with E-state index in [9.17, 15) is 0 Å². The molecule has 1 aromatic heterocycles. The van der Waals surface area contributed by atoms with Crippen LogP contribution in [0.1, 0.15) is 0 Å². The Bertz CT molecular complexity index is 3270. The minimum Gasteiger partial charge on any atom is -0.455 e. The summed E-state index contributed by atoms with van der Waals surface area (Å²) >= 11 is 0. The van der Waals surface area contributed by atoms with Crippen molar-refractivity contribution in [1.82, 2.24) is 0 Å². The van der Waals surface area contributed by atoms with Gasteiger partial charge in [0.25, 0.3) is 0 Å². The van der Waals surface area contributed by atoms with Gasteiger partial charge >= 0.3 is 0 Å². The van der Waals surface area contributed by atoms with Gasteiger partial charge in [-0.1, -0.05) is 182 Å². The van der Waals surface area contributed by atoms with E-state index >= 15 is 0 Å². The number of furan rings is 1. The number of nitrogens with zero attached hydrogens (tertiary/aromatic N) is 1. The summed E-state index contributed by atoms with van der Waals surface area (Å²) in [4.78, 5) is 3.94. The van der Waals surface area contributed by atoms with Crippen LogP contribution in [0.5, 0.6) is 0 Å². The lowest BCUT2D eigenvalue weighted by molar-refractivity contribution is 0.670. The molecule has 2 nitrogen and oxygen atoms in total. The lowest BCUT2D eigenvalue weighted by Gasteiger charge is -2.19. The first-order valence-electron chi connectivity index (χ1n) is 18.6. The SMILES string of the molecule is [C-]#[N+]c1ccccc1-c1c2ccccc2c(-c2cccc3oc4c(-c5c6ccccc6c(-c6ccccc6)c6ccccc56)cccc4c23)c2ccccc12. The van der Waals surface area contributed by atoms with E-state index in [0.717, 1.165) is 71.3 Å². The molecule has 254 valence electrons. The summed E-state index contributed by atoms with van der Waals surface area (Å²) in [6, 6.07) is 66.6. The Kier molecular flexibility index (Phi) is 6.96. The highest BCUT2D eigenvalue weighted by Gasteiger charge is 2.24. The molecule has 0 aliphatic rings. The van der Waals surface area contributed by atoms with Crippen molar-refractivity contribution in [3.63, 3.8) is 0 Å². The highest BCUT2D eigenvalue weighted by atomic mass is 16.3. The van der Waals surface area contributed by atoms with E-state index in [4.69, 9.17) is 11.0 Å². The van der Waals surface area contributed by atoms with Gasteiger partial charge in [-0.15, -0.1) is 0 Å². The molecule has 55 heavy (non-hydrogen) atoms. The van der Waals surface area contributed by atoms with Crippen molar-refractivity contribution < 1.29 is 4.42 Å². The van der Waals surface area contributed by atoms with E-state index in [2.05, 4.69) is 175 Å². The molecular weight excluding hydrogens is 667 g/mol. The van der Waals surface area contributed by atoms with E-state index in [0.29, 0.717) is 5.69 Å². The standard InChI is InChI=1S/C53H31NO/c1-54-46-31-14-13-27-42(46)49-38-23-9-11-25-40(38)50(41-26-12-10-24-39(41)49)43-28-16-32-47-52(43)45-30-15-29-44(53(45)55-47)51-36-21-7-5-19-34(36)48(33-17-3-2-4-18-33)35-20-6-8-22-37(35)51/h2-32H. The Morgan fingerprint density at radius 3 is 1.29 bits per heavy atom. The van der Waals surface area contributed by atoms with Crippen LogP contribution in [-0.2, 0) is 0 Å². The number of para-hydroxylation sites is 2. The van der Waals surface area contributed by atoms with Gasteiger partial charge in [-0.25, -0.2) is 4.85 Å². The first kappa shape index (κ1) is 31.1. The maximum Gasteiger partial charge on any atom is 0.194 e. The number of fused-ring (bicyclic) bond motifs is 7. The van der Waals surface area contributed by atoms with Crippen molar-refractivity contribution >= 4 is 70.7 Å². The minimum absolute atomic E-state index is 0.651. The van der Waals surface area contributed by atoms with Gasteiger partial charge in [-0.3, -0.25) is 0 Å². The van der Waals surface area contributed by atoms with Gasteiger partial charge in [-0.05, 0) is 82.5 Å². The summed E-state index contributed by atoms with van der Waals surface area (Å²) in [6.07, 6.45) is 0. The molecule has 0 N–H and O–H groups in total. The maximum absolute atomic E-state index is 8.01. The third kappa shape index (κ3) is 4.61. The highest BCUT2D eigenvalue weighted by molar-refractivity contribution is 6.28. The second-order valence-corrected chi connectivity index (χ2v) is 14.1. The molecule has 0 saturated carbocycles. The molecule has 0 aliphatic heterocycles. The maximum atomic E-state index is 8.01. The van der Waals surface area contributed by atoms with E-state index in [1.807, 2.05) is 18.2 Å². The highest BCUT2D eigenvalue weighted by Crippen LogP contribution is 2.50.